The lowest BCUT2D eigenvalue weighted by atomic mass is 10.2. The number of H-pyrrole nitrogens is 1. The van der Waals surface area contributed by atoms with Crippen LogP contribution < -0.4 is 10.1 Å². The molecule has 112 valence electrons. The van der Waals surface area contributed by atoms with Gasteiger partial charge in [0.2, 0.25) is 5.88 Å². The Labute approximate surface area is 129 Å². The molecule has 0 bridgehead atoms. The number of nitrogens with one attached hydrogen (secondary N) is 2. The first kappa shape index (κ1) is 14.1. The van der Waals surface area contributed by atoms with E-state index in [-0.39, 0.29) is 0 Å². The van der Waals surface area contributed by atoms with Gasteiger partial charge in [-0.2, -0.15) is 0 Å². The van der Waals surface area contributed by atoms with E-state index in [4.69, 9.17) is 4.74 Å². The van der Waals surface area contributed by atoms with E-state index in [0.29, 0.717) is 12.5 Å². The Balaban J connectivity index is 1.83. The minimum Gasteiger partial charge on any atom is -0.472 e. The molecule has 0 saturated carbocycles. The first-order valence-electron chi connectivity index (χ1n) is 7.22. The highest BCUT2D eigenvalue weighted by Gasteiger charge is 2.11. The molecule has 0 radical (unpaired) electrons. The number of aromatic nitrogens is 3. The predicted octanol–water partition coefficient (Wildman–Crippen LogP) is 3.52. The van der Waals surface area contributed by atoms with Gasteiger partial charge in [0.05, 0.1) is 5.69 Å². The first-order valence-corrected chi connectivity index (χ1v) is 7.22. The minimum absolute atomic E-state index is 0.479. The van der Waals surface area contributed by atoms with E-state index in [1.165, 1.54) is 6.33 Å². The minimum atomic E-state index is 0.479. The van der Waals surface area contributed by atoms with E-state index in [0.717, 1.165) is 28.8 Å². The van der Waals surface area contributed by atoms with Crippen LogP contribution in [0.5, 0.6) is 5.88 Å². The average molecular weight is 294 g/mol. The van der Waals surface area contributed by atoms with Crippen molar-refractivity contribution in [3.8, 4) is 5.88 Å². The van der Waals surface area contributed by atoms with Crippen LogP contribution in [-0.2, 0) is 6.61 Å². The molecule has 0 aliphatic heterocycles. The Bertz CT molecular complexity index is 765. The second-order valence-electron chi connectivity index (χ2n) is 4.83. The van der Waals surface area contributed by atoms with Gasteiger partial charge in [-0.1, -0.05) is 42.5 Å². The molecule has 0 unspecified atom stereocenters. The molecule has 0 fully saturated rings. The molecular weight excluding hydrogens is 276 g/mol. The van der Waals surface area contributed by atoms with E-state index in [9.17, 15) is 0 Å². The molecule has 0 atom stereocenters. The fourth-order valence-corrected chi connectivity index (χ4v) is 2.20. The van der Waals surface area contributed by atoms with Crippen LogP contribution in [-0.4, -0.2) is 21.5 Å². The van der Waals surface area contributed by atoms with Crippen molar-refractivity contribution >= 4 is 16.7 Å². The summed E-state index contributed by atoms with van der Waals surface area (Å²) in [6, 6.07) is 10.0. The van der Waals surface area contributed by atoms with Crippen LogP contribution in [0.15, 0.2) is 55.0 Å². The van der Waals surface area contributed by atoms with Crippen molar-refractivity contribution in [2.24, 2.45) is 0 Å². The molecular formula is C17H18N4O. The van der Waals surface area contributed by atoms with E-state index in [1.54, 1.807) is 0 Å². The molecule has 2 heterocycles. The lowest BCUT2D eigenvalue weighted by Gasteiger charge is -2.08. The van der Waals surface area contributed by atoms with Gasteiger partial charge < -0.3 is 15.0 Å². The zero-order chi connectivity index (χ0) is 15.2. The first-order chi connectivity index (χ1) is 10.9. The van der Waals surface area contributed by atoms with Crippen molar-refractivity contribution < 1.29 is 4.74 Å². The van der Waals surface area contributed by atoms with Crippen LogP contribution in [0.25, 0.3) is 11.0 Å². The highest BCUT2D eigenvalue weighted by molar-refractivity contribution is 5.94. The molecule has 0 aliphatic carbocycles. The summed E-state index contributed by atoms with van der Waals surface area (Å²) < 4.78 is 5.88. The Kier molecular flexibility index (Phi) is 4.34. The molecule has 5 heteroatoms. The molecule has 2 aromatic heterocycles. The van der Waals surface area contributed by atoms with E-state index in [2.05, 4.69) is 20.3 Å². The number of anilines is 1. The summed E-state index contributed by atoms with van der Waals surface area (Å²) in [6.07, 6.45) is 7.45. The third-order valence-electron chi connectivity index (χ3n) is 3.30. The van der Waals surface area contributed by atoms with Gasteiger partial charge in [0.1, 0.15) is 24.0 Å². The number of hydrogen-bond acceptors (Lipinski definition) is 4. The topological polar surface area (TPSA) is 62.8 Å². The Morgan fingerprint density at radius 1 is 1.23 bits per heavy atom. The molecule has 2 N–H and O–H groups in total. The van der Waals surface area contributed by atoms with E-state index in [1.807, 2.05) is 55.6 Å². The number of aromatic amines is 1. The largest absolute Gasteiger partial charge is 0.472 e. The van der Waals surface area contributed by atoms with Gasteiger partial charge in [-0.05, 0) is 12.5 Å². The molecule has 3 rings (SSSR count). The monoisotopic (exact) mass is 294 g/mol. The van der Waals surface area contributed by atoms with Crippen molar-refractivity contribution in [1.29, 1.82) is 0 Å². The van der Waals surface area contributed by atoms with Crippen molar-refractivity contribution in [1.82, 2.24) is 15.0 Å². The number of hydrogen-bond donors (Lipinski definition) is 2. The highest BCUT2D eigenvalue weighted by Crippen LogP contribution is 2.29. The van der Waals surface area contributed by atoms with Crippen LogP contribution >= 0.6 is 0 Å². The SMILES string of the molecule is C/C=C/CNc1c[nH]c2ncnc(OCc3ccccc3)c12. The molecule has 0 saturated heterocycles. The molecule has 0 amide bonds. The number of fused-ring (bicyclic) bond motifs is 1. The van der Waals surface area contributed by atoms with E-state index < -0.39 is 0 Å². The Morgan fingerprint density at radius 2 is 2.09 bits per heavy atom. The van der Waals surface area contributed by atoms with Crippen LogP contribution in [0, 0.1) is 0 Å². The standard InChI is InChI=1S/C17H18N4O/c1-2-3-9-18-14-10-19-16-15(14)17(21-12-20-16)22-11-13-7-5-4-6-8-13/h2-8,10,12,18H,9,11H2,1H3,(H,19,20,21)/b3-2+. The summed E-state index contributed by atoms with van der Waals surface area (Å²) in [7, 11) is 0. The van der Waals surface area contributed by atoms with Gasteiger partial charge in [0.15, 0.2) is 0 Å². The quantitative estimate of drug-likeness (QED) is 0.683. The Hall–Kier alpha value is -2.82. The molecule has 0 aliphatic rings. The molecule has 5 nitrogen and oxygen atoms in total. The molecule has 0 spiro atoms. The van der Waals surface area contributed by atoms with Gasteiger partial charge >= 0.3 is 0 Å². The second-order valence-corrected chi connectivity index (χ2v) is 4.83. The third-order valence-corrected chi connectivity index (χ3v) is 3.30. The number of nitrogens with zero attached hydrogens (tertiary/aromatic N) is 2. The lowest BCUT2D eigenvalue weighted by molar-refractivity contribution is 0.298. The summed E-state index contributed by atoms with van der Waals surface area (Å²) in [5.74, 6) is 0.582. The van der Waals surface area contributed by atoms with Gasteiger partial charge in [-0.25, -0.2) is 9.97 Å². The third kappa shape index (κ3) is 3.09. The van der Waals surface area contributed by atoms with Crippen molar-refractivity contribution in [3.05, 3.63) is 60.6 Å². The van der Waals surface area contributed by atoms with Gasteiger partial charge in [0, 0.05) is 12.7 Å². The van der Waals surface area contributed by atoms with Gasteiger partial charge in [-0.15, -0.1) is 0 Å². The summed E-state index contributed by atoms with van der Waals surface area (Å²) >= 11 is 0. The molecule has 1 aromatic carbocycles. The zero-order valence-electron chi connectivity index (χ0n) is 12.4. The van der Waals surface area contributed by atoms with Crippen LogP contribution in [0.3, 0.4) is 0 Å². The summed E-state index contributed by atoms with van der Waals surface area (Å²) in [4.78, 5) is 11.6. The number of ether oxygens (including phenoxy) is 1. The number of allylic oxidation sites excluding steroid dienone is 1. The average Bonchev–Trinajstić information content (AvgIpc) is 2.98. The number of benzene rings is 1. The summed E-state index contributed by atoms with van der Waals surface area (Å²) in [5, 5.41) is 4.21. The van der Waals surface area contributed by atoms with Crippen LogP contribution in [0.2, 0.25) is 0 Å². The second kappa shape index (κ2) is 6.76. The van der Waals surface area contributed by atoms with Crippen molar-refractivity contribution in [2.45, 2.75) is 13.5 Å². The maximum Gasteiger partial charge on any atom is 0.228 e. The fraction of sp³-hybridized carbons (Fsp3) is 0.176. The molecule has 22 heavy (non-hydrogen) atoms. The summed E-state index contributed by atoms with van der Waals surface area (Å²) in [5.41, 5.74) is 2.81. The van der Waals surface area contributed by atoms with Crippen molar-refractivity contribution in [2.75, 3.05) is 11.9 Å². The van der Waals surface area contributed by atoms with Crippen LogP contribution in [0.4, 0.5) is 5.69 Å². The Morgan fingerprint density at radius 3 is 2.91 bits per heavy atom. The smallest absolute Gasteiger partial charge is 0.228 e. The maximum atomic E-state index is 5.88. The van der Waals surface area contributed by atoms with Crippen LogP contribution in [0.1, 0.15) is 12.5 Å². The number of rotatable bonds is 6. The summed E-state index contributed by atoms with van der Waals surface area (Å²) in [6.45, 7) is 3.22. The van der Waals surface area contributed by atoms with E-state index >= 15 is 0 Å². The van der Waals surface area contributed by atoms with Crippen molar-refractivity contribution in [3.63, 3.8) is 0 Å². The highest BCUT2D eigenvalue weighted by atomic mass is 16.5. The zero-order valence-corrected chi connectivity index (χ0v) is 12.4. The molecule has 3 aromatic rings. The maximum absolute atomic E-state index is 5.88. The fourth-order valence-electron chi connectivity index (χ4n) is 2.20. The van der Waals surface area contributed by atoms with Gasteiger partial charge in [0.25, 0.3) is 0 Å². The lowest BCUT2D eigenvalue weighted by Crippen LogP contribution is -2.01. The normalized spacial score (nSPS) is 11.1. The van der Waals surface area contributed by atoms with Gasteiger partial charge in [-0.3, -0.25) is 0 Å². The predicted molar refractivity (Wildman–Crippen MR) is 88.0 cm³/mol.